The number of carbonyl (C=O) groups excluding carboxylic acids is 1. The predicted octanol–water partition coefficient (Wildman–Crippen LogP) is 1.39. The molecule has 0 bridgehead atoms. The van der Waals surface area contributed by atoms with Crippen LogP contribution in [0.15, 0.2) is 72.1 Å². The zero-order valence-corrected chi connectivity index (χ0v) is 12.6. The molecule has 0 saturated heterocycles. The Labute approximate surface area is 132 Å². The van der Waals surface area contributed by atoms with Crippen molar-refractivity contribution in [2.45, 2.75) is 4.90 Å². The first kappa shape index (κ1) is 14.9. The lowest BCUT2D eigenvalue weighted by Gasteiger charge is -2.07. The van der Waals surface area contributed by atoms with Crippen LogP contribution in [0.4, 0.5) is 0 Å². The topological polar surface area (TPSA) is 94.0 Å². The molecule has 116 valence electrons. The Morgan fingerprint density at radius 1 is 1.04 bits per heavy atom. The van der Waals surface area contributed by atoms with Gasteiger partial charge >= 0.3 is 0 Å². The van der Waals surface area contributed by atoms with E-state index < -0.39 is 15.9 Å². The van der Waals surface area contributed by atoms with Gasteiger partial charge in [-0.05, 0) is 36.4 Å². The number of hydrogen-bond acceptors (Lipinski definition) is 5. The lowest BCUT2D eigenvalue weighted by atomic mass is 10.3. The van der Waals surface area contributed by atoms with E-state index in [0.29, 0.717) is 5.82 Å². The summed E-state index contributed by atoms with van der Waals surface area (Å²) in [5.41, 5.74) is 0.00339. The number of amides is 1. The molecule has 0 fully saturated rings. The average molecular weight is 328 g/mol. The molecular weight excluding hydrogens is 316 g/mol. The summed E-state index contributed by atoms with van der Waals surface area (Å²) >= 11 is 0. The molecule has 0 spiro atoms. The van der Waals surface area contributed by atoms with E-state index >= 15 is 0 Å². The summed E-state index contributed by atoms with van der Waals surface area (Å²) in [4.78, 5) is 20.0. The molecule has 1 N–H and O–H groups in total. The molecule has 0 saturated carbocycles. The van der Waals surface area contributed by atoms with Crippen molar-refractivity contribution in [3.63, 3.8) is 0 Å². The van der Waals surface area contributed by atoms with Crippen LogP contribution in [0.5, 0.6) is 0 Å². The molecular formula is C15H12N4O3S. The van der Waals surface area contributed by atoms with E-state index in [1.165, 1.54) is 30.6 Å². The summed E-state index contributed by atoms with van der Waals surface area (Å²) in [6.45, 7) is 0. The number of sulfonamides is 1. The molecule has 1 amide bonds. The molecule has 0 aliphatic carbocycles. The van der Waals surface area contributed by atoms with Gasteiger partial charge in [0, 0.05) is 24.8 Å². The fourth-order valence-corrected chi connectivity index (χ4v) is 2.84. The van der Waals surface area contributed by atoms with Crippen LogP contribution in [0, 0.1) is 0 Å². The first-order chi connectivity index (χ1) is 11.1. The first-order valence-electron chi connectivity index (χ1n) is 6.64. The lowest BCUT2D eigenvalue weighted by molar-refractivity contribution is 0.0976. The van der Waals surface area contributed by atoms with Gasteiger partial charge in [0.25, 0.3) is 15.9 Å². The SMILES string of the molecule is O=C(NS(=O)(=O)c1cccnc1)c1cccc(-n2cccc2)n1. The maximum Gasteiger partial charge on any atom is 0.283 e. The lowest BCUT2D eigenvalue weighted by Crippen LogP contribution is -2.31. The van der Waals surface area contributed by atoms with E-state index in [1.807, 2.05) is 16.9 Å². The van der Waals surface area contributed by atoms with Gasteiger partial charge in [0.05, 0.1) is 0 Å². The molecule has 0 aromatic carbocycles. The highest BCUT2D eigenvalue weighted by molar-refractivity contribution is 7.90. The van der Waals surface area contributed by atoms with Crippen molar-refractivity contribution in [1.82, 2.24) is 19.3 Å². The quantitative estimate of drug-likeness (QED) is 0.781. The van der Waals surface area contributed by atoms with Gasteiger partial charge in [-0.25, -0.2) is 18.1 Å². The molecule has 8 heteroatoms. The van der Waals surface area contributed by atoms with Crippen LogP contribution < -0.4 is 4.72 Å². The van der Waals surface area contributed by atoms with Crippen LogP contribution in [0.2, 0.25) is 0 Å². The summed E-state index contributed by atoms with van der Waals surface area (Å²) in [5, 5.41) is 0. The van der Waals surface area contributed by atoms with Crippen molar-refractivity contribution in [3.8, 4) is 5.82 Å². The maximum absolute atomic E-state index is 12.2. The number of pyridine rings is 2. The van der Waals surface area contributed by atoms with Crippen molar-refractivity contribution < 1.29 is 13.2 Å². The van der Waals surface area contributed by atoms with Crippen LogP contribution in [-0.2, 0) is 10.0 Å². The van der Waals surface area contributed by atoms with Gasteiger partial charge in [-0.15, -0.1) is 0 Å². The molecule has 3 aromatic heterocycles. The summed E-state index contributed by atoms with van der Waals surface area (Å²) in [6.07, 6.45) is 6.16. The number of hydrogen-bond donors (Lipinski definition) is 1. The third-order valence-electron chi connectivity index (χ3n) is 3.01. The van der Waals surface area contributed by atoms with Crippen LogP contribution in [0.1, 0.15) is 10.5 Å². The molecule has 0 aliphatic rings. The molecule has 3 heterocycles. The van der Waals surface area contributed by atoms with Gasteiger partial charge in [-0.3, -0.25) is 9.78 Å². The van der Waals surface area contributed by atoms with E-state index in [4.69, 9.17) is 0 Å². The van der Waals surface area contributed by atoms with Crippen LogP contribution in [-0.4, -0.2) is 28.9 Å². The fraction of sp³-hybridized carbons (Fsp3) is 0. The van der Waals surface area contributed by atoms with E-state index in [9.17, 15) is 13.2 Å². The monoisotopic (exact) mass is 328 g/mol. The Balaban J connectivity index is 1.86. The minimum absolute atomic E-state index is 0.00339. The Morgan fingerprint density at radius 2 is 1.83 bits per heavy atom. The molecule has 0 unspecified atom stereocenters. The smallest absolute Gasteiger partial charge is 0.283 e. The normalized spacial score (nSPS) is 11.1. The fourth-order valence-electron chi connectivity index (χ4n) is 1.92. The summed E-state index contributed by atoms with van der Waals surface area (Å²) < 4.78 is 27.9. The molecule has 0 aliphatic heterocycles. The highest BCUT2D eigenvalue weighted by Gasteiger charge is 2.19. The van der Waals surface area contributed by atoms with Crippen molar-refractivity contribution in [2.75, 3.05) is 0 Å². The van der Waals surface area contributed by atoms with Crippen molar-refractivity contribution in [3.05, 3.63) is 72.9 Å². The van der Waals surface area contributed by atoms with Crippen molar-refractivity contribution >= 4 is 15.9 Å². The second-order valence-corrected chi connectivity index (χ2v) is 6.28. The molecule has 3 aromatic rings. The van der Waals surface area contributed by atoms with Crippen molar-refractivity contribution in [2.24, 2.45) is 0 Å². The Kier molecular flexibility index (Phi) is 3.90. The van der Waals surface area contributed by atoms with Gasteiger partial charge in [0.1, 0.15) is 16.4 Å². The number of rotatable bonds is 4. The highest BCUT2D eigenvalue weighted by Crippen LogP contribution is 2.09. The minimum atomic E-state index is -3.98. The van der Waals surface area contributed by atoms with Crippen molar-refractivity contribution in [1.29, 1.82) is 0 Å². The molecule has 0 radical (unpaired) electrons. The Morgan fingerprint density at radius 3 is 2.52 bits per heavy atom. The van der Waals surface area contributed by atoms with E-state index in [0.717, 1.165) is 0 Å². The Bertz CT molecular complexity index is 922. The number of nitrogens with zero attached hydrogens (tertiary/aromatic N) is 3. The van der Waals surface area contributed by atoms with E-state index in [1.54, 1.807) is 29.1 Å². The number of nitrogens with one attached hydrogen (secondary N) is 1. The summed E-state index contributed by atoms with van der Waals surface area (Å²) in [7, 11) is -3.98. The largest absolute Gasteiger partial charge is 0.309 e. The van der Waals surface area contributed by atoms with E-state index in [-0.39, 0.29) is 10.6 Å². The second-order valence-electron chi connectivity index (χ2n) is 4.59. The van der Waals surface area contributed by atoms with Gasteiger partial charge in [0.2, 0.25) is 0 Å². The van der Waals surface area contributed by atoms with Crippen LogP contribution in [0.3, 0.4) is 0 Å². The number of carbonyl (C=O) groups is 1. The highest BCUT2D eigenvalue weighted by atomic mass is 32.2. The molecule has 23 heavy (non-hydrogen) atoms. The molecule has 0 atom stereocenters. The van der Waals surface area contributed by atoms with Gasteiger partial charge < -0.3 is 4.57 Å². The minimum Gasteiger partial charge on any atom is -0.309 e. The maximum atomic E-state index is 12.2. The predicted molar refractivity (Wildman–Crippen MR) is 82.5 cm³/mol. The number of aromatic nitrogens is 3. The van der Waals surface area contributed by atoms with Crippen LogP contribution in [0.25, 0.3) is 5.82 Å². The Hall–Kier alpha value is -3.00. The van der Waals surface area contributed by atoms with Crippen LogP contribution >= 0.6 is 0 Å². The standard InChI is InChI=1S/C15H12N4O3S/c20-15(18-23(21,22)12-5-4-8-16-11-12)13-6-3-7-14(17-13)19-9-1-2-10-19/h1-11H,(H,18,20). The van der Waals surface area contributed by atoms with Gasteiger partial charge in [-0.2, -0.15) is 0 Å². The molecule has 7 nitrogen and oxygen atoms in total. The first-order valence-corrected chi connectivity index (χ1v) is 8.12. The zero-order valence-electron chi connectivity index (χ0n) is 11.8. The molecule has 3 rings (SSSR count). The summed E-state index contributed by atoms with van der Waals surface area (Å²) in [5.74, 6) is -0.288. The average Bonchev–Trinajstić information content (AvgIpc) is 3.10. The van der Waals surface area contributed by atoms with Gasteiger partial charge in [-0.1, -0.05) is 6.07 Å². The zero-order chi connectivity index (χ0) is 16.3. The second kappa shape index (κ2) is 6.01. The third-order valence-corrected chi connectivity index (χ3v) is 4.32. The summed E-state index contributed by atoms with van der Waals surface area (Å²) in [6, 6.07) is 11.3. The van der Waals surface area contributed by atoms with Gasteiger partial charge in [0.15, 0.2) is 0 Å². The third kappa shape index (κ3) is 3.27. The van der Waals surface area contributed by atoms with E-state index in [2.05, 4.69) is 9.97 Å².